The van der Waals surface area contributed by atoms with Crippen molar-refractivity contribution in [1.29, 1.82) is 0 Å². The minimum atomic E-state index is -6.00. The van der Waals surface area contributed by atoms with E-state index in [2.05, 4.69) is 15.4 Å². The lowest BCUT2D eigenvalue weighted by molar-refractivity contribution is 0.368. The highest BCUT2D eigenvalue weighted by atomic mass is 19.5. The van der Waals surface area contributed by atoms with E-state index in [-0.39, 0.29) is 1.43 Å². The first-order valence-electron chi connectivity index (χ1n) is 2.17. The van der Waals surface area contributed by atoms with Crippen LogP contribution in [0.5, 0.6) is 0 Å². The monoisotopic (exact) mass is 157 g/mol. The van der Waals surface area contributed by atoms with E-state index < -0.39 is 7.25 Å². The molecule has 0 atom stereocenters. The molecule has 0 unspecified atom stereocenters. The highest BCUT2D eigenvalue weighted by molar-refractivity contribution is 6.50. The van der Waals surface area contributed by atoms with Crippen molar-refractivity contribution in [3.8, 4) is 0 Å². The average Bonchev–Trinajstić information content (AvgIpc) is 2.07. The zero-order chi connectivity index (χ0) is 8.04. The Morgan fingerprint density at radius 1 is 1.10 bits per heavy atom. The molecule has 10 heavy (non-hydrogen) atoms. The van der Waals surface area contributed by atoms with Crippen LogP contribution in [0.4, 0.5) is 17.3 Å². The molecule has 3 nitrogen and oxygen atoms in total. The lowest BCUT2D eigenvalue weighted by atomic mass is 10.3. The summed E-state index contributed by atoms with van der Waals surface area (Å²) in [6.45, 7) is 0. The number of rotatable bonds is 0. The first-order valence-corrected chi connectivity index (χ1v) is 2.17. The van der Waals surface area contributed by atoms with Crippen molar-refractivity contribution in [2.24, 2.45) is 0 Å². The molecule has 0 aliphatic rings. The molecule has 0 aromatic carbocycles. The molecule has 0 fully saturated rings. The van der Waals surface area contributed by atoms with E-state index in [1.54, 1.807) is 12.4 Å². The number of aromatic amines is 1. The van der Waals surface area contributed by atoms with Crippen LogP contribution in [0.3, 0.4) is 0 Å². The summed E-state index contributed by atoms with van der Waals surface area (Å²) in [4.78, 5) is 0. The minimum Gasteiger partial charge on any atom is -0.418 e. The lowest BCUT2D eigenvalue weighted by Crippen LogP contribution is -2.02. The van der Waals surface area contributed by atoms with E-state index in [1.165, 1.54) is 0 Å². The summed E-state index contributed by atoms with van der Waals surface area (Å²) in [5.74, 6) is 0. The summed E-state index contributed by atoms with van der Waals surface area (Å²) in [7, 11) is -6.00. The van der Waals surface area contributed by atoms with Gasteiger partial charge in [0, 0.05) is 0 Å². The van der Waals surface area contributed by atoms with Crippen LogP contribution in [0.1, 0.15) is 1.43 Å². The SMILES string of the molecule is F[B-](F)(F)F.[H+].c1cn[nH]n1. The summed E-state index contributed by atoms with van der Waals surface area (Å²) in [6.07, 6.45) is 3.17. The quantitative estimate of drug-likeness (QED) is 0.454. The van der Waals surface area contributed by atoms with Crippen LogP contribution < -0.4 is 0 Å². The molecule has 58 valence electrons. The van der Waals surface area contributed by atoms with Crippen LogP contribution in [-0.2, 0) is 0 Å². The van der Waals surface area contributed by atoms with E-state index in [4.69, 9.17) is 0 Å². The number of hydrogen-bond donors (Lipinski definition) is 1. The van der Waals surface area contributed by atoms with Crippen LogP contribution in [0.25, 0.3) is 0 Å². The van der Waals surface area contributed by atoms with E-state index in [0.717, 1.165) is 0 Å². The van der Waals surface area contributed by atoms with Gasteiger partial charge in [-0.3, -0.25) is 0 Å². The van der Waals surface area contributed by atoms with Gasteiger partial charge in [-0.25, -0.2) is 0 Å². The summed E-state index contributed by atoms with van der Waals surface area (Å²) >= 11 is 0. The summed E-state index contributed by atoms with van der Waals surface area (Å²) in [6, 6.07) is 0. The Bertz CT molecular complexity index is 130. The molecule has 0 saturated heterocycles. The Morgan fingerprint density at radius 2 is 1.40 bits per heavy atom. The third-order valence-corrected chi connectivity index (χ3v) is 0.331. The van der Waals surface area contributed by atoms with Crippen LogP contribution >= 0.6 is 0 Å². The minimum absolute atomic E-state index is 0. The predicted octanol–water partition coefficient (Wildman–Crippen LogP) is 1.22. The third kappa shape index (κ3) is 15.8. The average molecular weight is 157 g/mol. The van der Waals surface area contributed by atoms with Gasteiger partial charge in [0.1, 0.15) is 0 Å². The van der Waals surface area contributed by atoms with Crippen LogP contribution in [0, 0.1) is 0 Å². The number of H-pyrrole nitrogens is 1. The Hall–Kier alpha value is -1.08. The zero-order valence-electron chi connectivity index (χ0n) is 5.64. The largest absolute Gasteiger partial charge is 1.00 e. The Morgan fingerprint density at radius 3 is 1.50 bits per heavy atom. The van der Waals surface area contributed by atoms with Gasteiger partial charge in [0.2, 0.25) is 0 Å². The second-order valence-electron chi connectivity index (χ2n) is 1.15. The molecule has 8 heteroatoms. The van der Waals surface area contributed by atoms with Crippen molar-refractivity contribution in [2.75, 3.05) is 0 Å². The third-order valence-electron chi connectivity index (χ3n) is 0.331. The molecule has 0 radical (unpaired) electrons. The van der Waals surface area contributed by atoms with Crippen molar-refractivity contribution >= 4 is 7.25 Å². The second-order valence-corrected chi connectivity index (χ2v) is 1.15. The van der Waals surface area contributed by atoms with E-state index in [1.807, 2.05) is 0 Å². The molecule has 0 aliphatic heterocycles. The fourth-order valence-electron chi connectivity index (χ4n) is 0.167. The van der Waals surface area contributed by atoms with Crippen LogP contribution in [0.2, 0.25) is 0 Å². The number of nitrogens with one attached hydrogen (secondary N) is 1. The van der Waals surface area contributed by atoms with E-state index in [9.17, 15) is 17.3 Å². The van der Waals surface area contributed by atoms with E-state index in [0.29, 0.717) is 0 Å². The van der Waals surface area contributed by atoms with Crippen molar-refractivity contribution in [2.45, 2.75) is 0 Å². The van der Waals surface area contributed by atoms with Gasteiger partial charge in [-0.2, -0.15) is 15.4 Å². The zero-order valence-corrected chi connectivity index (χ0v) is 4.64. The Balaban J connectivity index is 0. The van der Waals surface area contributed by atoms with Gasteiger partial charge in [-0.1, -0.05) is 0 Å². The fourth-order valence-corrected chi connectivity index (χ4v) is 0.167. The van der Waals surface area contributed by atoms with Gasteiger partial charge in [0.05, 0.1) is 12.4 Å². The molecule has 1 aromatic heterocycles. The molecule has 0 bridgehead atoms. The Labute approximate surface area is 55.0 Å². The summed E-state index contributed by atoms with van der Waals surface area (Å²) in [5.41, 5.74) is 0. The van der Waals surface area contributed by atoms with Gasteiger partial charge in [-0.05, 0) is 0 Å². The second kappa shape index (κ2) is 3.86. The maximum absolute atomic E-state index is 9.75. The van der Waals surface area contributed by atoms with Crippen molar-refractivity contribution < 1.29 is 18.7 Å². The first-order chi connectivity index (χ1) is 4.50. The maximum Gasteiger partial charge on any atom is 1.00 e. The molecule has 0 amide bonds. The maximum atomic E-state index is 9.75. The molecule has 0 spiro atoms. The first kappa shape index (κ1) is 8.92. The highest BCUT2D eigenvalue weighted by Gasteiger charge is 2.20. The van der Waals surface area contributed by atoms with Gasteiger partial charge < -0.3 is 17.3 Å². The van der Waals surface area contributed by atoms with Gasteiger partial charge in [0.15, 0.2) is 0 Å². The molecule has 1 N–H and O–H groups in total. The van der Waals surface area contributed by atoms with Gasteiger partial charge >= 0.3 is 8.68 Å². The molecular weight excluding hydrogens is 153 g/mol. The number of halogens is 4. The van der Waals surface area contributed by atoms with Crippen LogP contribution in [0.15, 0.2) is 12.4 Å². The highest BCUT2D eigenvalue weighted by Crippen LogP contribution is 2.06. The molecule has 0 saturated carbocycles. The molecule has 1 aromatic rings. The number of aromatic nitrogens is 3. The van der Waals surface area contributed by atoms with Crippen molar-refractivity contribution in [3.05, 3.63) is 12.4 Å². The number of nitrogens with zero attached hydrogens (tertiary/aromatic N) is 2. The molecule has 1 rings (SSSR count). The fraction of sp³-hybridized carbons (Fsp3) is 0. The van der Waals surface area contributed by atoms with E-state index >= 15 is 0 Å². The lowest BCUT2D eigenvalue weighted by Gasteiger charge is -1.94. The predicted molar refractivity (Wildman–Crippen MR) is 27.7 cm³/mol. The van der Waals surface area contributed by atoms with Crippen molar-refractivity contribution in [3.63, 3.8) is 0 Å². The normalized spacial score (nSPS) is 10.0. The number of hydrogen-bond acceptors (Lipinski definition) is 2. The summed E-state index contributed by atoms with van der Waals surface area (Å²) < 4.78 is 39.0. The standard InChI is InChI=1S/C2H3N3.BF4/c1-2-4-5-3-1;2-1(3,4)5/h1-2H,(H,3,4,5);/q;-1/p+1. The topological polar surface area (TPSA) is 41.6 Å². The molecular formula is C2H4BF4N3. The molecule has 0 aliphatic carbocycles. The van der Waals surface area contributed by atoms with Crippen molar-refractivity contribution in [1.82, 2.24) is 15.4 Å². The summed E-state index contributed by atoms with van der Waals surface area (Å²) in [5, 5.41) is 9.33. The van der Waals surface area contributed by atoms with Gasteiger partial charge in [-0.15, -0.1) is 0 Å². The Kier molecular flexibility index (Phi) is 3.44. The molecule has 1 heterocycles. The van der Waals surface area contributed by atoms with Gasteiger partial charge in [0.25, 0.3) is 0 Å². The smallest absolute Gasteiger partial charge is 0.418 e. The van der Waals surface area contributed by atoms with Crippen LogP contribution in [-0.4, -0.2) is 22.7 Å².